The highest BCUT2D eigenvalue weighted by molar-refractivity contribution is 5.91. The summed E-state index contributed by atoms with van der Waals surface area (Å²) in [4.78, 5) is 21.8. The quantitative estimate of drug-likeness (QED) is 0.544. The molecule has 0 aromatic rings. The predicted molar refractivity (Wildman–Crippen MR) is 53.8 cm³/mol. The summed E-state index contributed by atoms with van der Waals surface area (Å²) in [6.45, 7) is 3.90. The Bertz CT molecular complexity index is 211. The van der Waals surface area contributed by atoms with E-state index in [9.17, 15) is 9.59 Å². The molecule has 0 rings (SSSR count). The fourth-order valence-electron chi connectivity index (χ4n) is 0.891. The number of amides is 2. The monoisotopic (exact) mass is 199 g/mol. The number of hydrogen-bond acceptors (Lipinski definition) is 3. The average molecular weight is 199 g/mol. The van der Waals surface area contributed by atoms with E-state index in [1.165, 1.54) is 0 Å². The first-order valence-corrected chi connectivity index (χ1v) is 4.78. The van der Waals surface area contributed by atoms with Crippen LogP contribution in [0.4, 0.5) is 4.79 Å². The lowest BCUT2D eigenvalue weighted by Gasteiger charge is -2.02. The highest BCUT2D eigenvalue weighted by atomic mass is 16.5. The molecular weight excluding hydrogens is 182 g/mol. The number of ether oxygens (including phenoxy) is 1. The number of rotatable bonds is 5. The predicted octanol–water partition coefficient (Wildman–Crippen LogP) is 2.01. The molecule has 0 aliphatic heterocycles. The van der Waals surface area contributed by atoms with Crippen LogP contribution in [-0.2, 0) is 9.53 Å². The molecule has 0 aliphatic rings. The Kier molecular flexibility index (Phi) is 7.50. The van der Waals surface area contributed by atoms with Crippen LogP contribution in [0.15, 0.2) is 12.2 Å². The Morgan fingerprint density at radius 3 is 2.71 bits per heavy atom. The molecule has 80 valence electrons. The van der Waals surface area contributed by atoms with E-state index in [1.807, 2.05) is 19.1 Å². The molecule has 0 aromatic heterocycles. The molecule has 0 fully saturated rings. The number of alkyl carbamates (subject to hydrolysis) is 1. The normalized spacial score (nSPS) is 10.1. The van der Waals surface area contributed by atoms with Gasteiger partial charge in [0.25, 0.3) is 0 Å². The molecule has 4 nitrogen and oxygen atoms in total. The van der Waals surface area contributed by atoms with Gasteiger partial charge in [-0.05, 0) is 26.7 Å². The summed E-state index contributed by atoms with van der Waals surface area (Å²) in [5.41, 5.74) is 0. The standard InChI is InChI=1S/C10H17NO3/c1-3-5-6-7-8-9(12)11-10(13)14-4-2/h3,5H,4,6-8H2,1-2H3,(H,11,12,13)/b5-3+. The van der Waals surface area contributed by atoms with Crippen LogP contribution in [0.2, 0.25) is 0 Å². The Morgan fingerprint density at radius 2 is 2.14 bits per heavy atom. The van der Waals surface area contributed by atoms with Gasteiger partial charge in [0.1, 0.15) is 0 Å². The third-order valence-corrected chi connectivity index (χ3v) is 1.53. The number of hydrogen-bond donors (Lipinski definition) is 1. The van der Waals surface area contributed by atoms with Crippen molar-refractivity contribution in [3.05, 3.63) is 12.2 Å². The van der Waals surface area contributed by atoms with E-state index in [0.717, 1.165) is 12.8 Å². The van der Waals surface area contributed by atoms with Crippen molar-refractivity contribution in [2.45, 2.75) is 33.1 Å². The molecule has 0 saturated heterocycles. The number of nitrogens with one attached hydrogen (secondary N) is 1. The maximum Gasteiger partial charge on any atom is 0.413 e. The number of unbranched alkanes of at least 4 members (excludes halogenated alkanes) is 1. The zero-order chi connectivity index (χ0) is 10.8. The summed E-state index contributed by atoms with van der Waals surface area (Å²) in [5.74, 6) is -0.284. The molecule has 0 aliphatic carbocycles. The molecule has 0 unspecified atom stereocenters. The zero-order valence-corrected chi connectivity index (χ0v) is 8.71. The number of carbonyl (C=O) groups excluding carboxylic acids is 2. The summed E-state index contributed by atoms with van der Waals surface area (Å²) < 4.78 is 4.56. The Labute approximate surface area is 84.3 Å². The minimum absolute atomic E-state index is 0.275. The maximum atomic E-state index is 11.1. The third-order valence-electron chi connectivity index (χ3n) is 1.53. The Morgan fingerprint density at radius 1 is 1.43 bits per heavy atom. The molecule has 1 N–H and O–H groups in total. The maximum absolute atomic E-state index is 11.1. The first-order valence-electron chi connectivity index (χ1n) is 4.78. The van der Waals surface area contributed by atoms with Crippen LogP contribution in [0.3, 0.4) is 0 Å². The number of imide groups is 1. The van der Waals surface area contributed by atoms with Crippen molar-refractivity contribution in [2.75, 3.05) is 6.61 Å². The molecule has 0 radical (unpaired) electrons. The van der Waals surface area contributed by atoms with Crippen molar-refractivity contribution >= 4 is 12.0 Å². The number of allylic oxidation sites excluding steroid dienone is 2. The van der Waals surface area contributed by atoms with Gasteiger partial charge in [0.15, 0.2) is 0 Å². The minimum Gasteiger partial charge on any atom is -0.450 e. The van der Waals surface area contributed by atoms with Gasteiger partial charge in [0, 0.05) is 6.42 Å². The van der Waals surface area contributed by atoms with E-state index >= 15 is 0 Å². The second kappa shape index (κ2) is 8.29. The van der Waals surface area contributed by atoms with E-state index < -0.39 is 6.09 Å². The van der Waals surface area contributed by atoms with Crippen molar-refractivity contribution in [2.24, 2.45) is 0 Å². The van der Waals surface area contributed by atoms with Crippen molar-refractivity contribution < 1.29 is 14.3 Å². The van der Waals surface area contributed by atoms with Gasteiger partial charge in [-0.25, -0.2) is 4.79 Å². The fraction of sp³-hybridized carbons (Fsp3) is 0.600. The van der Waals surface area contributed by atoms with Gasteiger partial charge in [0.2, 0.25) is 5.91 Å². The molecule has 2 amide bonds. The van der Waals surface area contributed by atoms with Gasteiger partial charge in [-0.3, -0.25) is 10.1 Å². The molecule has 0 aromatic carbocycles. The summed E-state index contributed by atoms with van der Waals surface area (Å²) in [6.07, 6.45) is 5.20. The molecule has 0 spiro atoms. The van der Waals surface area contributed by atoms with E-state index in [4.69, 9.17) is 0 Å². The molecule has 0 saturated carbocycles. The lowest BCUT2D eigenvalue weighted by atomic mass is 10.2. The second-order valence-corrected chi connectivity index (χ2v) is 2.73. The minimum atomic E-state index is -0.663. The summed E-state index contributed by atoms with van der Waals surface area (Å²) in [5, 5.41) is 2.13. The van der Waals surface area contributed by atoms with Gasteiger partial charge in [0.05, 0.1) is 6.61 Å². The van der Waals surface area contributed by atoms with E-state index in [2.05, 4.69) is 10.1 Å². The van der Waals surface area contributed by atoms with Crippen LogP contribution >= 0.6 is 0 Å². The van der Waals surface area contributed by atoms with Crippen LogP contribution in [0.1, 0.15) is 33.1 Å². The smallest absolute Gasteiger partial charge is 0.413 e. The van der Waals surface area contributed by atoms with E-state index in [0.29, 0.717) is 6.42 Å². The largest absolute Gasteiger partial charge is 0.450 e. The first kappa shape index (κ1) is 12.7. The van der Waals surface area contributed by atoms with Crippen LogP contribution in [-0.4, -0.2) is 18.6 Å². The summed E-state index contributed by atoms with van der Waals surface area (Å²) >= 11 is 0. The van der Waals surface area contributed by atoms with Crippen molar-refractivity contribution in [3.63, 3.8) is 0 Å². The van der Waals surface area contributed by atoms with Crippen LogP contribution in [0.5, 0.6) is 0 Å². The Balaban J connectivity index is 3.50. The summed E-state index contributed by atoms with van der Waals surface area (Å²) in [7, 11) is 0. The molecule has 0 heterocycles. The van der Waals surface area contributed by atoms with Gasteiger partial charge < -0.3 is 4.74 Å². The Hall–Kier alpha value is -1.32. The van der Waals surface area contributed by atoms with E-state index in [-0.39, 0.29) is 12.5 Å². The van der Waals surface area contributed by atoms with Crippen molar-refractivity contribution in [1.29, 1.82) is 0 Å². The SMILES string of the molecule is C/C=C/CCCC(=O)NC(=O)OCC. The van der Waals surface area contributed by atoms with Gasteiger partial charge >= 0.3 is 6.09 Å². The molecule has 14 heavy (non-hydrogen) atoms. The molecule has 0 bridgehead atoms. The zero-order valence-electron chi connectivity index (χ0n) is 8.71. The average Bonchev–Trinajstić information content (AvgIpc) is 2.13. The first-order chi connectivity index (χ1) is 6.70. The highest BCUT2D eigenvalue weighted by Gasteiger charge is 2.06. The van der Waals surface area contributed by atoms with Gasteiger partial charge in [-0.2, -0.15) is 0 Å². The van der Waals surface area contributed by atoms with Gasteiger partial charge in [-0.15, -0.1) is 0 Å². The van der Waals surface area contributed by atoms with Crippen LogP contribution < -0.4 is 5.32 Å². The van der Waals surface area contributed by atoms with Crippen molar-refractivity contribution in [3.8, 4) is 0 Å². The van der Waals surface area contributed by atoms with Crippen LogP contribution in [0.25, 0.3) is 0 Å². The highest BCUT2D eigenvalue weighted by Crippen LogP contribution is 1.96. The second-order valence-electron chi connectivity index (χ2n) is 2.73. The fourth-order valence-corrected chi connectivity index (χ4v) is 0.891. The van der Waals surface area contributed by atoms with Crippen LogP contribution in [0, 0.1) is 0 Å². The van der Waals surface area contributed by atoms with Crippen molar-refractivity contribution in [1.82, 2.24) is 5.32 Å². The molecule has 4 heteroatoms. The lowest BCUT2D eigenvalue weighted by Crippen LogP contribution is -2.30. The van der Waals surface area contributed by atoms with E-state index in [1.54, 1.807) is 6.92 Å². The molecule has 0 atom stereocenters. The number of carbonyl (C=O) groups is 2. The third kappa shape index (κ3) is 7.34. The summed E-state index contributed by atoms with van der Waals surface area (Å²) in [6, 6.07) is 0. The van der Waals surface area contributed by atoms with Gasteiger partial charge in [-0.1, -0.05) is 12.2 Å². The lowest BCUT2D eigenvalue weighted by molar-refractivity contribution is -0.120. The molecular formula is C10H17NO3. The topological polar surface area (TPSA) is 55.4 Å².